The first-order chi connectivity index (χ1) is 8.56. The molecule has 1 fully saturated rings. The van der Waals surface area contributed by atoms with E-state index in [9.17, 15) is 4.79 Å². The summed E-state index contributed by atoms with van der Waals surface area (Å²) in [6.07, 6.45) is 1.40. The summed E-state index contributed by atoms with van der Waals surface area (Å²) in [6.45, 7) is 5.54. The van der Waals surface area contributed by atoms with Gasteiger partial charge in [-0.3, -0.25) is 4.98 Å². The van der Waals surface area contributed by atoms with Gasteiger partial charge in [-0.15, -0.1) is 0 Å². The number of hydrogen-bond donors (Lipinski definition) is 2. The van der Waals surface area contributed by atoms with Crippen molar-refractivity contribution in [3.8, 4) is 0 Å². The number of nitrogens with one attached hydrogen (secondary N) is 1. The Morgan fingerprint density at radius 3 is 2.67 bits per heavy atom. The third kappa shape index (κ3) is 2.96. The summed E-state index contributed by atoms with van der Waals surface area (Å²) in [6, 6.07) is 1.77. The van der Waals surface area contributed by atoms with E-state index in [0.29, 0.717) is 5.69 Å². The molecule has 0 radical (unpaired) electrons. The van der Waals surface area contributed by atoms with E-state index >= 15 is 0 Å². The van der Waals surface area contributed by atoms with Crippen molar-refractivity contribution in [2.45, 2.75) is 6.92 Å². The van der Waals surface area contributed by atoms with Gasteiger partial charge in [-0.25, -0.2) is 9.80 Å². The average molecular weight is 250 g/mol. The highest BCUT2D eigenvalue weighted by Crippen LogP contribution is 2.17. The number of likely N-dealkylation sites (N-methyl/N-ethyl adjacent to an activating group) is 1. The molecule has 2 heterocycles. The van der Waals surface area contributed by atoms with Crippen molar-refractivity contribution in [2.75, 3.05) is 38.7 Å². The Morgan fingerprint density at radius 2 is 2.06 bits per heavy atom. The Balaban J connectivity index is 2.12. The minimum absolute atomic E-state index is 0.208. The van der Waals surface area contributed by atoms with E-state index in [4.69, 9.17) is 5.11 Å². The monoisotopic (exact) mass is 250 g/mol. The van der Waals surface area contributed by atoms with Gasteiger partial charge in [-0.05, 0) is 20.0 Å². The predicted octanol–water partition coefficient (Wildman–Crippen LogP) is 0.663. The van der Waals surface area contributed by atoms with Gasteiger partial charge >= 0.3 is 5.97 Å². The molecule has 0 aromatic carbocycles. The molecule has 0 aliphatic carbocycles. The fraction of sp³-hybridized carbons (Fsp3) is 0.500. The summed E-state index contributed by atoms with van der Waals surface area (Å²) in [5.74, 6) is -0.959. The number of nitrogens with zero attached hydrogens (tertiary/aromatic N) is 3. The van der Waals surface area contributed by atoms with Crippen LogP contribution in [0.4, 0.5) is 5.69 Å². The molecule has 1 aromatic rings. The van der Waals surface area contributed by atoms with Crippen LogP contribution in [-0.4, -0.2) is 59.2 Å². The minimum Gasteiger partial charge on any atom is -0.478 e. The molecule has 6 heteroatoms. The maximum atomic E-state index is 11.1. The van der Waals surface area contributed by atoms with E-state index in [-0.39, 0.29) is 5.56 Å². The molecule has 1 aliphatic rings. The summed E-state index contributed by atoms with van der Waals surface area (Å²) >= 11 is 0. The van der Waals surface area contributed by atoms with Crippen molar-refractivity contribution in [2.24, 2.45) is 0 Å². The summed E-state index contributed by atoms with van der Waals surface area (Å²) < 4.78 is 0. The maximum absolute atomic E-state index is 11.1. The number of carboxylic acid groups (broad SMARTS) is 1. The van der Waals surface area contributed by atoms with Crippen molar-refractivity contribution in [3.63, 3.8) is 0 Å². The highest BCUT2D eigenvalue weighted by atomic mass is 16.4. The zero-order valence-corrected chi connectivity index (χ0v) is 10.7. The zero-order chi connectivity index (χ0) is 13.1. The van der Waals surface area contributed by atoms with Crippen LogP contribution in [0.1, 0.15) is 16.1 Å². The molecule has 1 aliphatic heterocycles. The molecule has 1 aromatic heterocycles. The van der Waals surface area contributed by atoms with Crippen LogP contribution in [0, 0.1) is 6.92 Å². The quantitative estimate of drug-likeness (QED) is 0.821. The second-order valence-corrected chi connectivity index (χ2v) is 4.58. The number of carbonyl (C=O) groups is 1. The van der Waals surface area contributed by atoms with Crippen LogP contribution in [0.15, 0.2) is 12.3 Å². The number of aromatic nitrogens is 1. The van der Waals surface area contributed by atoms with Gasteiger partial charge in [0.25, 0.3) is 0 Å². The van der Waals surface area contributed by atoms with E-state index < -0.39 is 5.97 Å². The van der Waals surface area contributed by atoms with Crippen molar-refractivity contribution in [3.05, 3.63) is 23.5 Å². The number of aryl methyl sites for hydroxylation is 1. The zero-order valence-electron chi connectivity index (χ0n) is 10.7. The largest absolute Gasteiger partial charge is 0.478 e. The van der Waals surface area contributed by atoms with Gasteiger partial charge < -0.3 is 15.4 Å². The molecule has 1 saturated heterocycles. The number of pyridine rings is 1. The smallest absolute Gasteiger partial charge is 0.339 e. The van der Waals surface area contributed by atoms with Crippen molar-refractivity contribution < 1.29 is 9.90 Å². The second-order valence-electron chi connectivity index (χ2n) is 4.58. The second kappa shape index (κ2) is 5.32. The number of hydrogen-bond acceptors (Lipinski definition) is 5. The Labute approximate surface area is 106 Å². The van der Waals surface area contributed by atoms with Gasteiger partial charge in [0.1, 0.15) is 5.56 Å². The van der Waals surface area contributed by atoms with Gasteiger partial charge in [0.05, 0.1) is 5.69 Å². The summed E-state index contributed by atoms with van der Waals surface area (Å²) in [7, 11) is 2.08. The molecule has 6 nitrogen and oxygen atoms in total. The first-order valence-corrected chi connectivity index (χ1v) is 5.96. The van der Waals surface area contributed by atoms with Crippen molar-refractivity contribution in [1.29, 1.82) is 0 Å². The summed E-state index contributed by atoms with van der Waals surface area (Å²) in [5, 5.41) is 11.2. The lowest BCUT2D eigenvalue weighted by molar-refractivity contribution is 0.0696. The van der Waals surface area contributed by atoms with Crippen LogP contribution in [-0.2, 0) is 0 Å². The number of carboxylic acids is 1. The van der Waals surface area contributed by atoms with Crippen LogP contribution in [0.3, 0.4) is 0 Å². The van der Waals surface area contributed by atoms with Crippen molar-refractivity contribution >= 4 is 11.7 Å². The number of rotatable bonds is 3. The molecule has 0 atom stereocenters. The van der Waals surface area contributed by atoms with Crippen molar-refractivity contribution in [1.82, 2.24) is 14.9 Å². The number of hydrazine groups is 1. The fourth-order valence-corrected chi connectivity index (χ4v) is 1.91. The normalized spacial score (nSPS) is 17.7. The number of aromatic carboxylic acids is 1. The molecule has 18 heavy (non-hydrogen) atoms. The van der Waals surface area contributed by atoms with Crippen LogP contribution in [0.2, 0.25) is 0 Å². The third-order valence-electron chi connectivity index (χ3n) is 3.05. The summed E-state index contributed by atoms with van der Waals surface area (Å²) in [4.78, 5) is 17.4. The van der Waals surface area contributed by atoms with Gasteiger partial charge in [-0.2, -0.15) is 0 Å². The first-order valence-electron chi connectivity index (χ1n) is 5.96. The molecule has 2 N–H and O–H groups in total. The Kier molecular flexibility index (Phi) is 3.78. The number of piperazine rings is 1. The van der Waals surface area contributed by atoms with E-state index in [2.05, 4.69) is 22.4 Å². The fourth-order valence-electron chi connectivity index (χ4n) is 1.91. The molecule has 98 valence electrons. The lowest BCUT2D eigenvalue weighted by Crippen LogP contribution is -2.47. The standard InChI is InChI=1S/C12H18N4O2/c1-9-7-11(10(8-13-9)12(17)18)14-16-5-3-15(2)4-6-16/h7-8H,3-6H2,1-2H3,(H,13,14)(H,17,18). The average Bonchev–Trinajstić information content (AvgIpc) is 2.32. The lowest BCUT2D eigenvalue weighted by atomic mass is 10.2. The van der Waals surface area contributed by atoms with E-state index in [1.807, 2.05) is 11.9 Å². The van der Waals surface area contributed by atoms with Crippen LogP contribution < -0.4 is 5.43 Å². The molecule has 0 saturated carbocycles. The maximum Gasteiger partial charge on any atom is 0.339 e. The van der Waals surface area contributed by atoms with E-state index in [1.165, 1.54) is 6.20 Å². The van der Waals surface area contributed by atoms with Crippen LogP contribution in [0.5, 0.6) is 0 Å². The first kappa shape index (κ1) is 12.8. The SMILES string of the molecule is Cc1cc(NN2CCN(C)CC2)c(C(=O)O)cn1. The van der Waals surface area contributed by atoms with E-state index in [1.54, 1.807) is 6.07 Å². The molecule has 0 unspecified atom stereocenters. The molecule has 0 amide bonds. The Morgan fingerprint density at radius 1 is 1.39 bits per heavy atom. The predicted molar refractivity (Wildman–Crippen MR) is 68.6 cm³/mol. The summed E-state index contributed by atoms with van der Waals surface area (Å²) in [5.41, 5.74) is 4.80. The molecular weight excluding hydrogens is 232 g/mol. The molecule has 0 bridgehead atoms. The van der Waals surface area contributed by atoms with Gasteiger partial charge in [0, 0.05) is 38.1 Å². The molecule has 0 spiro atoms. The lowest BCUT2D eigenvalue weighted by Gasteiger charge is -2.33. The minimum atomic E-state index is -0.959. The topological polar surface area (TPSA) is 68.7 Å². The highest BCUT2D eigenvalue weighted by Gasteiger charge is 2.17. The van der Waals surface area contributed by atoms with Gasteiger partial charge in [-0.1, -0.05) is 0 Å². The highest BCUT2D eigenvalue weighted by molar-refractivity contribution is 5.93. The molecule has 2 rings (SSSR count). The van der Waals surface area contributed by atoms with Gasteiger partial charge in [0.2, 0.25) is 0 Å². The molecular formula is C12H18N4O2. The third-order valence-corrected chi connectivity index (χ3v) is 3.05. The Bertz CT molecular complexity index is 442. The Hall–Kier alpha value is -1.66. The van der Waals surface area contributed by atoms with Crippen LogP contribution >= 0.6 is 0 Å². The van der Waals surface area contributed by atoms with E-state index in [0.717, 1.165) is 31.9 Å². The number of anilines is 1. The van der Waals surface area contributed by atoms with Gasteiger partial charge in [0.15, 0.2) is 0 Å². The van der Waals surface area contributed by atoms with Crippen LogP contribution in [0.25, 0.3) is 0 Å².